The first-order valence-corrected chi connectivity index (χ1v) is 5.76. The molecular weight excluding hydrogens is 188 g/mol. The van der Waals surface area contributed by atoms with Gasteiger partial charge < -0.3 is 9.80 Å². The highest BCUT2D eigenvalue weighted by Crippen LogP contribution is 2.41. The number of amides is 1. The molecule has 2 heterocycles. The smallest absolute Gasteiger partial charge is 0.222 e. The molecular formula is C12H20N2O. The van der Waals surface area contributed by atoms with E-state index in [4.69, 9.17) is 0 Å². The van der Waals surface area contributed by atoms with Gasteiger partial charge in [0.1, 0.15) is 0 Å². The van der Waals surface area contributed by atoms with Crippen LogP contribution in [-0.2, 0) is 4.79 Å². The van der Waals surface area contributed by atoms with Crippen LogP contribution >= 0.6 is 0 Å². The summed E-state index contributed by atoms with van der Waals surface area (Å²) in [5, 5.41) is 0. The lowest BCUT2D eigenvalue weighted by Crippen LogP contribution is -2.47. The van der Waals surface area contributed by atoms with Crippen molar-refractivity contribution in [2.24, 2.45) is 5.41 Å². The maximum Gasteiger partial charge on any atom is 0.222 e. The predicted molar refractivity (Wildman–Crippen MR) is 60.3 cm³/mol. The fourth-order valence-corrected chi connectivity index (χ4v) is 2.68. The molecule has 0 atom stereocenters. The zero-order valence-electron chi connectivity index (χ0n) is 9.54. The summed E-state index contributed by atoms with van der Waals surface area (Å²) in [6.45, 7) is 6.87. The van der Waals surface area contributed by atoms with Gasteiger partial charge in [-0.05, 0) is 30.9 Å². The Morgan fingerprint density at radius 2 is 1.87 bits per heavy atom. The monoisotopic (exact) mass is 208 g/mol. The Labute approximate surface area is 91.7 Å². The summed E-state index contributed by atoms with van der Waals surface area (Å²) < 4.78 is 0. The maximum absolute atomic E-state index is 11.7. The molecule has 2 fully saturated rings. The largest absolute Gasteiger partial charge is 0.378 e. The molecule has 84 valence electrons. The first kappa shape index (κ1) is 10.5. The van der Waals surface area contributed by atoms with Crippen molar-refractivity contribution >= 4 is 5.91 Å². The summed E-state index contributed by atoms with van der Waals surface area (Å²) in [5.41, 5.74) is 0.309. The van der Waals surface area contributed by atoms with Gasteiger partial charge in [-0.25, -0.2) is 0 Å². The van der Waals surface area contributed by atoms with E-state index >= 15 is 0 Å². The van der Waals surface area contributed by atoms with Gasteiger partial charge in [0, 0.05) is 33.1 Å². The van der Waals surface area contributed by atoms with E-state index in [2.05, 4.69) is 11.5 Å². The normalized spacial score (nSPS) is 25.8. The third kappa shape index (κ3) is 2.01. The zero-order chi connectivity index (χ0) is 10.9. The molecule has 3 nitrogen and oxygen atoms in total. The SMILES string of the molecule is C=CN1CCC2(CC1)CCN(C)C(=O)C2. The van der Waals surface area contributed by atoms with Crippen LogP contribution in [0.1, 0.15) is 25.7 Å². The Morgan fingerprint density at radius 3 is 2.40 bits per heavy atom. The molecule has 3 heteroatoms. The van der Waals surface area contributed by atoms with E-state index in [9.17, 15) is 4.79 Å². The van der Waals surface area contributed by atoms with E-state index < -0.39 is 0 Å². The van der Waals surface area contributed by atoms with E-state index in [1.54, 1.807) is 0 Å². The third-order valence-electron chi connectivity index (χ3n) is 4.05. The molecule has 2 rings (SSSR count). The lowest BCUT2D eigenvalue weighted by molar-refractivity contribution is -0.137. The Balaban J connectivity index is 1.98. The number of hydrogen-bond donors (Lipinski definition) is 0. The van der Waals surface area contributed by atoms with Crippen LogP contribution < -0.4 is 0 Å². The van der Waals surface area contributed by atoms with Crippen molar-refractivity contribution in [2.75, 3.05) is 26.7 Å². The topological polar surface area (TPSA) is 23.6 Å². The second kappa shape index (κ2) is 3.87. The molecule has 0 aromatic heterocycles. The van der Waals surface area contributed by atoms with Gasteiger partial charge in [-0.3, -0.25) is 4.79 Å². The standard InChI is InChI=1S/C12H20N2O/c1-3-14-8-5-12(6-9-14)4-7-13(2)11(15)10-12/h3H,1,4-10H2,2H3. The van der Waals surface area contributed by atoms with Crippen LogP contribution in [0.2, 0.25) is 0 Å². The number of rotatable bonds is 1. The highest BCUT2D eigenvalue weighted by Gasteiger charge is 2.39. The van der Waals surface area contributed by atoms with Crippen molar-refractivity contribution in [3.63, 3.8) is 0 Å². The number of piperidine rings is 2. The average Bonchev–Trinajstić information content (AvgIpc) is 2.26. The zero-order valence-corrected chi connectivity index (χ0v) is 9.54. The molecule has 0 bridgehead atoms. The minimum Gasteiger partial charge on any atom is -0.378 e. The van der Waals surface area contributed by atoms with Gasteiger partial charge >= 0.3 is 0 Å². The number of likely N-dealkylation sites (tertiary alicyclic amines) is 2. The fourth-order valence-electron chi connectivity index (χ4n) is 2.68. The molecule has 0 unspecified atom stereocenters. The van der Waals surface area contributed by atoms with Gasteiger partial charge in [0.25, 0.3) is 0 Å². The Morgan fingerprint density at radius 1 is 1.27 bits per heavy atom. The van der Waals surface area contributed by atoms with Crippen LogP contribution in [0.25, 0.3) is 0 Å². The van der Waals surface area contributed by atoms with Crippen molar-refractivity contribution in [1.29, 1.82) is 0 Å². The molecule has 0 N–H and O–H groups in total. The van der Waals surface area contributed by atoms with E-state index in [-0.39, 0.29) is 0 Å². The van der Waals surface area contributed by atoms with Gasteiger partial charge in [0.2, 0.25) is 5.91 Å². The lowest BCUT2D eigenvalue weighted by atomic mass is 9.71. The Hall–Kier alpha value is -0.990. The van der Waals surface area contributed by atoms with Crippen LogP contribution in [-0.4, -0.2) is 42.4 Å². The summed E-state index contributed by atoms with van der Waals surface area (Å²) >= 11 is 0. The minimum absolute atomic E-state index is 0.309. The molecule has 0 aromatic rings. The molecule has 2 aliphatic heterocycles. The summed E-state index contributed by atoms with van der Waals surface area (Å²) in [5.74, 6) is 0.327. The first-order chi connectivity index (χ1) is 7.15. The number of carbonyl (C=O) groups excluding carboxylic acids is 1. The quantitative estimate of drug-likeness (QED) is 0.651. The number of hydrogen-bond acceptors (Lipinski definition) is 2. The van der Waals surface area contributed by atoms with E-state index in [1.165, 1.54) is 6.42 Å². The molecule has 1 spiro atoms. The van der Waals surface area contributed by atoms with Crippen molar-refractivity contribution in [1.82, 2.24) is 9.80 Å². The lowest BCUT2D eigenvalue weighted by Gasteiger charge is -2.45. The molecule has 0 saturated carbocycles. The molecule has 15 heavy (non-hydrogen) atoms. The van der Waals surface area contributed by atoms with Crippen molar-refractivity contribution < 1.29 is 4.79 Å². The summed E-state index contributed by atoms with van der Waals surface area (Å²) in [6.07, 6.45) is 6.16. The maximum atomic E-state index is 11.7. The molecule has 2 aliphatic rings. The highest BCUT2D eigenvalue weighted by atomic mass is 16.2. The number of carbonyl (C=O) groups is 1. The minimum atomic E-state index is 0.309. The molecule has 0 aromatic carbocycles. The van der Waals surface area contributed by atoms with Gasteiger partial charge in [-0.1, -0.05) is 6.58 Å². The summed E-state index contributed by atoms with van der Waals surface area (Å²) in [7, 11) is 1.91. The number of nitrogens with zero attached hydrogens (tertiary/aromatic N) is 2. The van der Waals surface area contributed by atoms with Crippen LogP contribution in [0.4, 0.5) is 0 Å². The average molecular weight is 208 g/mol. The predicted octanol–water partition coefficient (Wildman–Crippen LogP) is 1.46. The van der Waals surface area contributed by atoms with Crippen molar-refractivity contribution in [3.05, 3.63) is 12.8 Å². The van der Waals surface area contributed by atoms with E-state index in [1.807, 2.05) is 18.1 Å². The van der Waals surface area contributed by atoms with Crippen LogP contribution in [0, 0.1) is 5.41 Å². The summed E-state index contributed by atoms with van der Waals surface area (Å²) in [6, 6.07) is 0. The van der Waals surface area contributed by atoms with Gasteiger partial charge in [-0.2, -0.15) is 0 Å². The molecule has 0 aliphatic carbocycles. The van der Waals surface area contributed by atoms with Gasteiger partial charge in [-0.15, -0.1) is 0 Å². The van der Waals surface area contributed by atoms with Gasteiger partial charge in [0.05, 0.1) is 0 Å². The second-order valence-electron chi connectivity index (χ2n) is 4.96. The van der Waals surface area contributed by atoms with Crippen molar-refractivity contribution in [3.8, 4) is 0 Å². The van der Waals surface area contributed by atoms with E-state index in [0.717, 1.165) is 38.9 Å². The van der Waals surface area contributed by atoms with Crippen LogP contribution in [0.15, 0.2) is 12.8 Å². The molecule has 2 saturated heterocycles. The van der Waals surface area contributed by atoms with Crippen molar-refractivity contribution in [2.45, 2.75) is 25.7 Å². The van der Waals surface area contributed by atoms with Crippen LogP contribution in [0.3, 0.4) is 0 Å². The van der Waals surface area contributed by atoms with Gasteiger partial charge in [0.15, 0.2) is 0 Å². The second-order valence-corrected chi connectivity index (χ2v) is 4.96. The third-order valence-corrected chi connectivity index (χ3v) is 4.05. The van der Waals surface area contributed by atoms with Crippen LogP contribution in [0.5, 0.6) is 0 Å². The first-order valence-electron chi connectivity index (χ1n) is 5.76. The summed E-state index contributed by atoms with van der Waals surface area (Å²) in [4.78, 5) is 15.8. The fraction of sp³-hybridized carbons (Fsp3) is 0.750. The molecule has 1 amide bonds. The van der Waals surface area contributed by atoms with E-state index in [0.29, 0.717) is 11.3 Å². The Bertz CT molecular complexity index is 267. The highest BCUT2D eigenvalue weighted by molar-refractivity contribution is 5.77. The molecule has 0 radical (unpaired) electrons. The Kier molecular flexibility index (Phi) is 2.72.